The first kappa shape index (κ1) is 24.9. The number of nitrogens with zero attached hydrogens (tertiary/aromatic N) is 4. The fourth-order valence-corrected chi connectivity index (χ4v) is 4.58. The van der Waals surface area contributed by atoms with Crippen molar-refractivity contribution in [2.24, 2.45) is 4.99 Å². The smallest absolute Gasteiger partial charge is 0.125 e. The quantitative estimate of drug-likeness (QED) is 0.267. The lowest BCUT2D eigenvalue weighted by Crippen LogP contribution is -2.29. The van der Waals surface area contributed by atoms with Gasteiger partial charge in [0.15, 0.2) is 0 Å². The Morgan fingerprint density at radius 1 is 1.06 bits per heavy atom. The Balaban J connectivity index is 1.41. The molecule has 0 bridgehead atoms. The van der Waals surface area contributed by atoms with Gasteiger partial charge in [-0.05, 0) is 85.7 Å². The van der Waals surface area contributed by atoms with Crippen molar-refractivity contribution in [2.75, 3.05) is 32.1 Å². The van der Waals surface area contributed by atoms with Crippen molar-refractivity contribution in [2.45, 2.75) is 32.6 Å². The molecular weight excluding hydrogens is 459 g/mol. The highest BCUT2D eigenvalue weighted by Gasteiger charge is 2.13. The molecule has 2 aromatic carbocycles. The van der Waals surface area contributed by atoms with Crippen LogP contribution < -0.4 is 4.90 Å². The topological polar surface area (TPSA) is 31.7 Å². The number of aryl methyl sites for hydroxylation is 3. The van der Waals surface area contributed by atoms with Gasteiger partial charge in [-0.3, -0.25) is 4.98 Å². The van der Waals surface area contributed by atoms with Crippen molar-refractivity contribution in [1.29, 1.82) is 0 Å². The summed E-state index contributed by atoms with van der Waals surface area (Å²) in [6.45, 7) is 3.88. The second-order valence-corrected chi connectivity index (χ2v) is 9.64. The van der Waals surface area contributed by atoms with Gasteiger partial charge in [-0.15, -0.1) is 0 Å². The normalized spacial score (nSPS) is 14.0. The molecule has 4 rings (SSSR count). The van der Waals surface area contributed by atoms with Gasteiger partial charge in [0.2, 0.25) is 0 Å². The van der Waals surface area contributed by atoms with E-state index in [1.807, 2.05) is 43.7 Å². The highest BCUT2D eigenvalue weighted by atomic mass is 35.5. The van der Waals surface area contributed by atoms with Crippen molar-refractivity contribution in [3.05, 3.63) is 93.5 Å². The number of halogens is 2. The van der Waals surface area contributed by atoms with Crippen LogP contribution in [0.5, 0.6) is 0 Å². The highest BCUT2D eigenvalue weighted by molar-refractivity contribution is 6.30. The zero-order valence-corrected chi connectivity index (χ0v) is 21.4. The van der Waals surface area contributed by atoms with E-state index in [1.54, 1.807) is 6.07 Å². The number of aromatic nitrogens is 1. The maximum absolute atomic E-state index is 13.6. The van der Waals surface area contributed by atoms with Crippen LogP contribution in [0.25, 0.3) is 6.08 Å². The number of anilines is 1. The van der Waals surface area contributed by atoms with Crippen LogP contribution >= 0.6 is 11.6 Å². The molecule has 0 atom stereocenters. The van der Waals surface area contributed by atoms with Gasteiger partial charge >= 0.3 is 0 Å². The zero-order valence-electron chi connectivity index (χ0n) is 20.6. The summed E-state index contributed by atoms with van der Waals surface area (Å²) in [6, 6.07) is 15.0. The maximum Gasteiger partial charge on any atom is 0.125 e. The van der Waals surface area contributed by atoms with Gasteiger partial charge in [0.25, 0.3) is 0 Å². The molecular formula is C29H32ClFN4. The molecule has 2 heterocycles. The Kier molecular flexibility index (Phi) is 8.19. The average molecular weight is 491 g/mol. The molecule has 1 aliphatic rings. The fourth-order valence-electron chi connectivity index (χ4n) is 4.38. The molecule has 3 aromatic rings. The SMILES string of the molecule is Cc1ncccc1CCc1cc(Cl)ccc1C=C1CCN(C=Nc2ccc(F)cc2N(C)C)CC1. The molecule has 4 nitrogen and oxygen atoms in total. The number of piperidine rings is 1. The third-order valence-electron chi connectivity index (χ3n) is 6.46. The Morgan fingerprint density at radius 2 is 1.83 bits per heavy atom. The standard InChI is InChI=1S/C29H32ClFN4/c1-21-23(5-4-14-32-21)6-7-25-18-26(30)9-8-24(25)17-22-12-15-35(16-13-22)20-33-28-11-10-27(31)19-29(28)34(2)3/h4-5,8-11,14,17-20H,6-7,12-13,15-16H2,1-3H3. The van der Waals surface area contributed by atoms with E-state index in [-0.39, 0.29) is 5.82 Å². The first-order chi connectivity index (χ1) is 16.9. The molecule has 1 aromatic heterocycles. The van der Waals surface area contributed by atoms with Crippen molar-refractivity contribution >= 4 is 35.4 Å². The third kappa shape index (κ3) is 6.70. The summed E-state index contributed by atoms with van der Waals surface area (Å²) in [5, 5.41) is 0.772. The number of hydrogen-bond donors (Lipinski definition) is 0. The summed E-state index contributed by atoms with van der Waals surface area (Å²) in [5.74, 6) is -0.252. The first-order valence-electron chi connectivity index (χ1n) is 12.0. The van der Waals surface area contributed by atoms with Crippen LogP contribution in [0.3, 0.4) is 0 Å². The van der Waals surface area contributed by atoms with Crippen LogP contribution in [0.1, 0.15) is 35.2 Å². The Morgan fingerprint density at radius 3 is 2.57 bits per heavy atom. The van der Waals surface area contributed by atoms with Crippen LogP contribution in [0, 0.1) is 12.7 Å². The van der Waals surface area contributed by atoms with E-state index >= 15 is 0 Å². The minimum Gasteiger partial charge on any atom is -0.376 e. The number of pyridine rings is 1. The van der Waals surface area contributed by atoms with Gasteiger partial charge in [-0.2, -0.15) is 0 Å². The molecule has 1 aliphatic heterocycles. The van der Waals surface area contributed by atoms with E-state index < -0.39 is 0 Å². The van der Waals surface area contributed by atoms with E-state index in [0.717, 1.165) is 60.9 Å². The van der Waals surface area contributed by atoms with E-state index in [4.69, 9.17) is 11.6 Å². The van der Waals surface area contributed by atoms with Gasteiger partial charge in [0.05, 0.1) is 17.7 Å². The van der Waals surface area contributed by atoms with Crippen molar-refractivity contribution < 1.29 is 4.39 Å². The van der Waals surface area contributed by atoms with Crippen LogP contribution in [-0.2, 0) is 12.8 Å². The van der Waals surface area contributed by atoms with Crippen LogP contribution in [0.4, 0.5) is 15.8 Å². The van der Waals surface area contributed by atoms with Gasteiger partial charge < -0.3 is 9.80 Å². The molecule has 0 N–H and O–H groups in total. The molecule has 1 fully saturated rings. The summed E-state index contributed by atoms with van der Waals surface area (Å²) in [4.78, 5) is 13.2. The summed E-state index contributed by atoms with van der Waals surface area (Å²) in [6.07, 6.45) is 9.91. The molecule has 1 saturated heterocycles. The number of likely N-dealkylation sites (tertiary alicyclic amines) is 1. The van der Waals surface area contributed by atoms with E-state index in [1.165, 1.54) is 34.4 Å². The minimum absolute atomic E-state index is 0.252. The lowest BCUT2D eigenvalue weighted by molar-refractivity contribution is 0.400. The number of hydrogen-bond acceptors (Lipinski definition) is 3. The molecule has 0 spiro atoms. The highest BCUT2D eigenvalue weighted by Crippen LogP contribution is 2.28. The van der Waals surface area contributed by atoms with Gasteiger partial charge in [-0.1, -0.05) is 35.4 Å². The zero-order chi connectivity index (χ0) is 24.8. The van der Waals surface area contributed by atoms with Crippen molar-refractivity contribution in [1.82, 2.24) is 9.88 Å². The molecule has 182 valence electrons. The largest absolute Gasteiger partial charge is 0.376 e. The second kappa shape index (κ2) is 11.5. The molecule has 35 heavy (non-hydrogen) atoms. The molecule has 0 saturated carbocycles. The summed E-state index contributed by atoms with van der Waals surface area (Å²) in [7, 11) is 3.80. The third-order valence-corrected chi connectivity index (χ3v) is 6.70. The van der Waals surface area contributed by atoms with E-state index in [0.29, 0.717) is 0 Å². The number of rotatable bonds is 7. The Hall–Kier alpha value is -3.18. The predicted molar refractivity (Wildman–Crippen MR) is 145 cm³/mol. The Labute approximate surface area is 212 Å². The van der Waals surface area contributed by atoms with Crippen molar-refractivity contribution in [3.63, 3.8) is 0 Å². The molecule has 0 aliphatic carbocycles. The average Bonchev–Trinajstić information content (AvgIpc) is 2.85. The van der Waals surface area contributed by atoms with Crippen molar-refractivity contribution in [3.8, 4) is 0 Å². The summed E-state index contributed by atoms with van der Waals surface area (Å²) < 4.78 is 13.6. The van der Waals surface area contributed by atoms with E-state index in [2.05, 4.69) is 46.1 Å². The second-order valence-electron chi connectivity index (χ2n) is 9.20. The lowest BCUT2D eigenvalue weighted by Gasteiger charge is -2.27. The molecule has 0 amide bonds. The van der Waals surface area contributed by atoms with Gasteiger partial charge in [0.1, 0.15) is 5.82 Å². The van der Waals surface area contributed by atoms with Gasteiger partial charge in [-0.25, -0.2) is 9.38 Å². The summed E-state index contributed by atoms with van der Waals surface area (Å²) >= 11 is 6.34. The monoisotopic (exact) mass is 490 g/mol. The number of aliphatic imine (C=N–C) groups is 1. The first-order valence-corrected chi connectivity index (χ1v) is 12.4. The lowest BCUT2D eigenvalue weighted by atomic mass is 9.95. The minimum atomic E-state index is -0.252. The fraction of sp³-hybridized carbons (Fsp3) is 0.310. The van der Waals surface area contributed by atoms with Crippen LogP contribution in [-0.4, -0.2) is 43.4 Å². The molecule has 0 unspecified atom stereocenters. The molecule has 6 heteroatoms. The van der Waals surface area contributed by atoms with Crippen LogP contribution in [0.15, 0.2) is 65.3 Å². The number of benzene rings is 2. The molecule has 0 radical (unpaired) electrons. The van der Waals surface area contributed by atoms with Crippen LogP contribution in [0.2, 0.25) is 5.02 Å². The van der Waals surface area contributed by atoms with Gasteiger partial charge in [0, 0.05) is 44.1 Å². The van der Waals surface area contributed by atoms with E-state index in [9.17, 15) is 4.39 Å². The maximum atomic E-state index is 13.6. The Bertz CT molecular complexity index is 1230. The summed E-state index contributed by atoms with van der Waals surface area (Å²) in [5.41, 5.74) is 7.85. The predicted octanol–water partition coefficient (Wildman–Crippen LogP) is 6.87.